The van der Waals surface area contributed by atoms with Crippen molar-refractivity contribution >= 4 is 28.8 Å². The van der Waals surface area contributed by atoms with Crippen LogP contribution in [-0.4, -0.2) is 54.3 Å². The van der Waals surface area contributed by atoms with E-state index in [4.69, 9.17) is 14.2 Å². The number of pyridine rings is 1. The standard InChI is InChI=1S/C27H30N4O5S/c1-5-36-26(33)24-17(2)30-27-31(25(24)18-9-10-21(34-3)22(14-18)35-4)20(16-37-27)15-23(32)29-13-11-19-8-6-7-12-28-19/h6-10,12,14,16,25H,5,11,13,15H2,1-4H3,(H,29,32). The summed E-state index contributed by atoms with van der Waals surface area (Å²) in [6, 6.07) is 10.7. The highest BCUT2D eigenvalue weighted by Crippen LogP contribution is 2.46. The predicted octanol–water partition coefficient (Wildman–Crippen LogP) is 3.99. The molecule has 0 bridgehead atoms. The first-order valence-electron chi connectivity index (χ1n) is 12.0. The number of nitrogens with zero attached hydrogens (tertiary/aromatic N) is 3. The van der Waals surface area contributed by atoms with Crippen LogP contribution in [0.5, 0.6) is 11.5 Å². The van der Waals surface area contributed by atoms with E-state index in [0.717, 1.165) is 17.0 Å². The molecule has 0 saturated heterocycles. The van der Waals surface area contributed by atoms with Crippen molar-refractivity contribution in [3.63, 3.8) is 0 Å². The topological polar surface area (TPSA) is 102 Å². The Kier molecular flexibility index (Phi) is 8.50. The Hall–Kier alpha value is -3.79. The molecule has 194 valence electrons. The van der Waals surface area contributed by atoms with Crippen LogP contribution < -0.4 is 14.8 Å². The molecule has 1 aromatic carbocycles. The number of hydrogen-bond acceptors (Lipinski definition) is 9. The number of rotatable bonds is 10. The number of allylic oxidation sites excluding steroid dienone is 1. The molecule has 1 unspecified atom stereocenters. The molecule has 1 atom stereocenters. The smallest absolute Gasteiger partial charge is 0.338 e. The summed E-state index contributed by atoms with van der Waals surface area (Å²) in [6.07, 6.45) is 2.51. The molecule has 10 heteroatoms. The molecule has 1 N–H and O–H groups in total. The summed E-state index contributed by atoms with van der Waals surface area (Å²) in [6.45, 7) is 4.28. The minimum atomic E-state index is -0.547. The molecular formula is C27H30N4O5S. The Morgan fingerprint density at radius 1 is 1.14 bits per heavy atom. The number of methoxy groups -OCH3 is 2. The van der Waals surface area contributed by atoms with Gasteiger partial charge < -0.3 is 24.4 Å². The lowest BCUT2D eigenvalue weighted by molar-refractivity contribution is -0.139. The molecule has 2 aromatic rings. The monoisotopic (exact) mass is 522 g/mol. The van der Waals surface area contributed by atoms with E-state index in [1.165, 1.54) is 11.8 Å². The molecule has 2 aliphatic rings. The largest absolute Gasteiger partial charge is 0.493 e. The molecule has 0 fully saturated rings. The molecule has 2 aliphatic heterocycles. The van der Waals surface area contributed by atoms with Crippen LogP contribution in [0.3, 0.4) is 0 Å². The second kappa shape index (κ2) is 12.0. The van der Waals surface area contributed by atoms with Gasteiger partial charge in [0.25, 0.3) is 0 Å². The zero-order valence-electron chi connectivity index (χ0n) is 21.3. The summed E-state index contributed by atoms with van der Waals surface area (Å²) >= 11 is 1.43. The van der Waals surface area contributed by atoms with E-state index in [1.807, 2.05) is 40.6 Å². The summed E-state index contributed by atoms with van der Waals surface area (Å²) in [5.74, 6) is 0.542. The van der Waals surface area contributed by atoms with Gasteiger partial charge in [-0.2, -0.15) is 0 Å². The third-order valence-corrected chi connectivity index (χ3v) is 6.88. The van der Waals surface area contributed by atoms with Crippen LogP contribution in [0.15, 0.2) is 70.0 Å². The quantitative estimate of drug-likeness (QED) is 0.468. The molecule has 4 rings (SSSR count). The normalized spacial score (nSPS) is 16.5. The van der Waals surface area contributed by atoms with Gasteiger partial charge in [-0.25, -0.2) is 9.79 Å². The van der Waals surface area contributed by atoms with Crippen LogP contribution in [-0.2, 0) is 20.7 Å². The van der Waals surface area contributed by atoms with Gasteiger partial charge in [0.05, 0.1) is 44.6 Å². The number of aliphatic imine (C=N–C) groups is 1. The zero-order valence-corrected chi connectivity index (χ0v) is 22.1. The molecule has 0 saturated carbocycles. The molecule has 0 spiro atoms. The number of benzene rings is 1. The second-order valence-corrected chi connectivity index (χ2v) is 9.16. The fourth-order valence-corrected chi connectivity index (χ4v) is 5.25. The van der Waals surface area contributed by atoms with Gasteiger partial charge in [-0.1, -0.05) is 23.9 Å². The van der Waals surface area contributed by atoms with E-state index in [2.05, 4.69) is 15.3 Å². The second-order valence-electron chi connectivity index (χ2n) is 8.33. The van der Waals surface area contributed by atoms with Crippen molar-refractivity contribution in [2.45, 2.75) is 32.7 Å². The van der Waals surface area contributed by atoms with Crippen LogP contribution >= 0.6 is 11.8 Å². The first-order chi connectivity index (χ1) is 18.0. The number of ether oxygens (including phenoxy) is 3. The summed E-state index contributed by atoms with van der Waals surface area (Å²) < 4.78 is 16.3. The number of fused-ring (bicyclic) bond motifs is 1. The lowest BCUT2D eigenvalue weighted by Gasteiger charge is -2.36. The minimum Gasteiger partial charge on any atom is -0.493 e. The first kappa shape index (κ1) is 26.3. The Labute approximate surface area is 220 Å². The third-order valence-electron chi connectivity index (χ3n) is 5.99. The van der Waals surface area contributed by atoms with Crippen molar-refractivity contribution in [2.24, 2.45) is 4.99 Å². The van der Waals surface area contributed by atoms with Gasteiger partial charge in [0.2, 0.25) is 5.91 Å². The van der Waals surface area contributed by atoms with Crippen LogP contribution in [0.1, 0.15) is 37.6 Å². The van der Waals surface area contributed by atoms with E-state index >= 15 is 0 Å². The summed E-state index contributed by atoms with van der Waals surface area (Å²) in [4.78, 5) is 36.9. The molecule has 1 aromatic heterocycles. The van der Waals surface area contributed by atoms with Gasteiger partial charge in [-0.3, -0.25) is 9.78 Å². The lowest BCUT2D eigenvalue weighted by atomic mass is 9.93. The molecule has 37 heavy (non-hydrogen) atoms. The Morgan fingerprint density at radius 3 is 2.65 bits per heavy atom. The van der Waals surface area contributed by atoms with E-state index < -0.39 is 12.0 Å². The van der Waals surface area contributed by atoms with Crippen molar-refractivity contribution in [3.8, 4) is 11.5 Å². The number of hydrogen-bond donors (Lipinski definition) is 1. The van der Waals surface area contributed by atoms with Crippen LogP contribution in [0.25, 0.3) is 0 Å². The van der Waals surface area contributed by atoms with Gasteiger partial charge in [0.15, 0.2) is 16.7 Å². The summed E-state index contributed by atoms with van der Waals surface area (Å²) in [7, 11) is 3.14. The van der Waals surface area contributed by atoms with Gasteiger partial charge in [0.1, 0.15) is 0 Å². The average Bonchev–Trinajstić information content (AvgIpc) is 3.29. The summed E-state index contributed by atoms with van der Waals surface area (Å²) in [5.41, 5.74) is 3.44. The first-order valence-corrected chi connectivity index (χ1v) is 12.8. The van der Waals surface area contributed by atoms with Gasteiger partial charge in [-0.05, 0) is 49.1 Å². The number of esters is 1. The third kappa shape index (κ3) is 5.80. The maximum atomic E-state index is 13.1. The SMILES string of the molecule is CCOC(=O)C1=C(C)N=C2SC=C(CC(=O)NCCc3ccccn3)N2C1c1ccc(OC)c(OC)c1. The average molecular weight is 523 g/mol. The molecule has 3 heterocycles. The van der Waals surface area contributed by atoms with Crippen LogP contribution in [0.4, 0.5) is 0 Å². The van der Waals surface area contributed by atoms with E-state index in [9.17, 15) is 9.59 Å². The Bertz CT molecular complexity index is 1260. The fourth-order valence-electron chi connectivity index (χ4n) is 4.28. The summed E-state index contributed by atoms with van der Waals surface area (Å²) in [5, 5.41) is 5.57. The Balaban J connectivity index is 1.60. The van der Waals surface area contributed by atoms with E-state index in [0.29, 0.717) is 40.9 Å². The number of carbonyl (C=O) groups excluding carboxylic acids is 2. The van der Waals surface area contributed by atoms with E-state index in [1.54, 1.807) is 40.3 Å². The number of aromatic nitrogens is 1. The Morgan fingerprint density at radius 2 is 1.95 bits per heavy atom. The van der Waals surface area contributed by atoms with Crippen molar-refractivity contribution in [2.75, 3.05) is 27.4 Å². The van der Waals surface area contributed by atoms with E-state index in [-0.39, 0.29) is 18.9 Å². The molecule has 1 amide bonds. The zero-order chi connectivity index (χ0) is 26.4. The maximum absolute atomic E-state index is 13.1. The molecule has 9 nitrogen and oxygen atoms in total. The van der Waals surface area contributed by atoms with Crippen LogP contribution in [0, 0.1) is 0 Å². The highest BCUT2D eigenvalue weighted by molar-refractivity contribution is 8.16. The lowest BCUT2D eigenvalue weighted by Crippen LogP contribution is -2.38. The molecule has 0 aliphatic carbocycles. The highest BCUT2D eigenvalue weighted by atomic mass is 32.2. The number of nitrogens with one attached hydrogen (secondary N) is 1. The van der Waals surface area contributed by atoms with Crippen molar-refractivity contribution in [1.82, 2.24) is 15.2 Å². The van der Waals surface area contributed by atoms with Gasteiger partial charge >= 0.3 is 5.97 Å². The number of amidine groups is 1. The van der Waals surface area contributed by atoms with Crippen molar-refractivity contribution in [3.05, 3.63) is 76.2 Å². The van der Waals surface area contributed by atoms with Gasteiger partial charge in [0, 0.05) is 30.6 Å². The molecular weight excluding hydrogens is 492 g/mol. The minimum absolute atomic E-state index is 0.126. The van der Waals surface area contributed by atoms with Gasteiger partial charge in [-0.15, -0.1) is 0 Å². The predicted molar refractivity (Wildman–Crippen MR) is 142 cm³/mol. The number of carbonyl (C=O) groups is 2. The van der Waals surface area contributed by atoms with Crippen molar-refractivity contribution < 1.29 is 23.8 Å². The maximum Gasteiger partial charge on any atom is 0.338 e. The molecule has 0 radical (unpaired) electrons. The number of thioether (sulfide) groups is 1. The number of amides is 1. The van der Waals surface area contributed by atoms with Crippen LogP contribution in [0.2, 0.25) is 0 Å². The highest BCUT2D eigenvalue weighted by Gasteiger charge is 2.41. The fraction of sp³-hybridized carbons (Fsp3) is 0.333. The van der Waals surface area contributed by atoms with Crippen molar-refractivity contribution in [1.29, 1.82) is 0 Å².